The average molecular weight is 747 g/mol. The number of rotatable bonds is 46. The Morgan fingerprint density at radius 2 is 0.472 bits per heavy atom. The van der Waals surface area contributed by atoms with Gasteiger partial charge in [-0.25, -0.2) is 0 Å². The van der Waals surface area contributed by atoms with Crippen LogP contribution >= 0.6 is 0 Å². The van der Waals surface area contributed by atoms with E-state index in [0.717, 1.165) is 13.0 Å². The van der Waals surface area contributed by atoms with E-state index in [2.05, 4.69) is 13.8 Å². The minimum absolute atomic E-state index is 0.0878. The normalized spacial score (nSPS) is 16.0. The van der Waals surface area contributed by atoms with Crippen molar-refractivity contribution in [2.45, 2.75) is 322 Å². The fraction of sp³-hybridized carbons (Fsp3) is 1.00. The van der Waals surface area contributed by atoms with E-state index >= 15 is 0 Å². The summed E-state index contributed by atoms with van der Waals surface area (Å²) >= 11 is 0. The molecule has 1 saturated heterocycles. The number of ether oxygens (including phenoxy) is 2. The Hall–Kier alpha value is -0.0800. The molecule has 2 nitrogen and oxygen atoms in total. The molecule has 1 aliphatic rings. The first-order valence-electron chi connectivity index (χ1n) is 25.6. The third-order valence-electron chi connectivity index (χ3n) is 12.5. The maximum atomic E-state index is 6.23. The van der Waals surface area contributed by atoms with Gasteiger partial charge < -0.3 is 9.47 Å². The van der Waals surface area contributed by atoms with Gasteiger partial charge in [0, 0.05) is 0 Å². The van der Waals surface area contributed by atoms with Crippen LogP contribution in [-0.4, -0.2) is 19.0 Å². The molecule has 1 fully saturated rings. The molecule has 0 spiro atoms. The molecular formula is C51H102O2. The van der Waals surface area contributed by atoms with E-state index < -0.39 is 0 Å². The first-order valence-corrected chi connectivity index (χ1v) is 25.6. The van der Waals surface area contributed by atoms with Crippen LogP contribution in [0.1, 0.15) is 309 Å². The summed E-state index contributed by atoms with van der Waals surface area (Å²) in [7, 11) is 0. The first kappa shape index (κ1) is 50.9. The molecule has 53 heavy (non-hydrogen) atoms. The van der Waals surface area contributed by atoms with Crippen LogP contribution < -0.4 is 0 Å². The second-order valence-electron chi connectivity index (χ2n) is 17.9. The summed E-state index contributed by atoms with van der Waals surface area (Å²) < 4.78 is 12.2. The molecule has 2 heteroatoms. The van der Waals surface area contributed by atoms with Crippen LogP contribution in [0, 0.1) is 0 Å². The second kappa shape index (κ2) is 44.6. The molecule has 0 aliphatic carbocycles. The van der Waals surface area contributed by atoms with Crippen LogP contribution in [0.15, 0.2) is 0 Å². The quantitative estimate of drug-likeness (QED) is 0.0578. The fourth-order valence-corrected chi connectivity index (χ4v) is 8.71. The van der Waals surface area contributed by atoms with Gasteiger partial charge in [-0.15, -0.1) is 0 Å². The van der Waals surface area contributed by atoms with E-state index in [1.165, 1.54) is 289 Å². The van der Waals surface area contributed by atoms with Crippen molar-refractivity contribution < 1.29 is 9.47 Å². The summed E-state index contributed by atoms with van der Waals surface area (Å²) in [5, 5.41) is 0. The molecule has 0 aromatic rings. The third-order valence-corrected chi connectivity index (χ3v) is 12.5. The van der Waals surface area contributed by atoms with E-state index in [4.69, 9.17) is 9.47 Å². The molecule has 1 heterocycles. The Balaban J connectivity index is 1.69. The zero-order valence-corrected chi connectivity index (χ0v) is 37.2. The molecule has 0 N–H and O–H groups in total. The van der Waals surface area contributed by atoms with Gasteiger partial charge in [0.2, 0.25) is 0 Å². The van der Waals surface area contributed by atoms with E-state index in [-0.39, 0.29) is 6.29 Å². The van der Waals surface area contributed by atoms with Gasteiger partial charge in [-0.2, -0.15) is 0 Å². The van der Waals surface area contributed by atoms with E-state index in [1.54, 1.807) is 0 Å². The second-order valence-corrected chi connectivity index (χ2v) is 17.9. The van der Waals surface area contributed by atoms with Crippen molar-refractivity contribution in [2.75, 3.05) is 6.61 Å². The van der Waals surface area contributed by atoms with Crippen molar-refractivity contribution >= 4 is 0 Å². The zero-order valence-electron chi connectivity index (χ0n) is 37.2. The van der Waals surface area contributed by atoms with Crippen LogP contribution in [0.5, 0.6) is 0 Å². The molecule has 0 aromatic carbocycles. The largest absolute Gasteiger partial charge is 0.350 e. The van der Waals surface area contributed by atoms with Crippen molar-refractivity contribution in [1.29, 1.82) is 0 Å². The SMILES string of the molecule is CCCCCCCCCCCCCCCCCCCCCCCCC1COC(CCCCCCCCCCCCCCCCCCCCCCCC)O1. The third kappa shape index (κ3) is 39.9. The van der Waals surface area contributed by atoms with Crippen LogP contribution in [0.25, 0.3) is 0 Å². The summed E-state index contributed by atoms with van der Waals surface area (Å²) in [6.45, 7) is 5.45. The van der Waals surface area contributed by atoms with Crippen LogP contribution in [0.2, 0.25) is 0 Å². The van der Waals surface area contributed by atoms with Gasteiger partial charge in [0.1, 0.15) is 0 Å². The van der Waals surface area contributed by atoms with Gasteiger partial charge in [-0.05, 0) is 19.3 Å². The number of hydrogen-bond acceptors (Lipinski definition) is 2. The Bertz CT molecular complexity index is 594. The molecule has 2 unspecified atom stereocenters. The summed E-state index contributed by atoms with van der Waals surface area (Å²) in [5.41, 5.74) is 0. The molecule has 2 atom stereocenters. The van der Waals surface area contributed by atoms with Crippen LogP contribution in [0.4, 0.5) is 0 Å². The lowest BCUT2D eigenvalue weighted by Crippen LogP contribution is -2.12. The minimum atomic E-state index is 0.0878. The lowest BCUT2D eigenvalue weighted by atomic mass is 10.0. The summed E-state index contributed by atoms with van der Waals surface area (Å²) in [5.74, 6) is 0. The first-order chi connectivity index (χ1) is 26.4. The highest BCUT2D eigenvalue weighted by atomic mass is 16.7. The van der Waals surface area contributed by atoms with Gasteiger partial charge in [0.05, 0.1) is 12.7 Å². The molecule has 0 bridgehead atoms. The van der Waals surface area contributed by atoms with Gasteiger partial charge in [-0.1, -0.05) is 290 Å². The van der Waals surface area contributed by atoms with Gasteiger partial charge in [0.25, 0.3) is 0 Å². The maximum Gasteiger partial charge on any atom is 0.158 e. The lowest BCUT2D eigenvalue weighted by Gasteiger charge is -2.11. The Kier molecular flexibility index (Phi) is 42.9. The zero-order chi connectivity index (χ0) is 37.8. The number of unbranched alkanes of at least 4 members (excludes halogenated alkanes) is 42. The molecular weight excluding hydrogens is 645 g/mol. The minimum Gasteiger partial charge on any atom is -0.350 e. The summed E-state index contributed by atoms with van der Waals surface area (Å²) in [6, 6.07) is 0. The smallest absolute Gasteiger partial charge is 0.158 e. The van der Waals surface area contributed by atoms with Gasteiger partial charge in [-0.3, -0.25) is 0 Å². The average Bonchev–Trinajstić information content (AvgIpc) is 3.63. The number of hydrogen-bond donors (Lipinski definition) is 0. The van der Waals surface area contributed by atoms with Crippen molar-refractivity contribution in [3.8, 4) is 0 Å². The van der Waals surface area contributed by atoms with Crippen molar-refractivity contribution in [2.24, 2.45) is 0 Å². The molecule has 1 rings (SSSR count). The van der Waals surface area contributed by atoms with Gasteiger partial charge >= 0.3 is 0 Å². The molecule has 0 radical (unpaired) electrons. The highest BCUT2D eigenvalue weighted by Gasteiger charge is 2.24. The topological polar surface area (TPSA) is 18.5 Å². The van der Waals surface area contributed by atoms with E-state index in [1.807, 2.05) is 0 Å². The monoisotopic (exact) mass is 747 g/mol. The van der Waals surface area contributed by atoms with Crippen LogP contribution in [0.3, 0.4) is 0 Å². The maximum absolute atomic E-state index is 6.23. The molecule has 318 valence electrons. The molecule has 0 amide bonds. The van der Waals surface area contributed by atoms with Gasteiger partial charge in [0.15, 0.2) is 6.29 Å². The highest BCUT2D eigenvalue weighted by molar-refractivity contribution is 4.66. The van der Waals surface area contributed by atoms with Crippen LogP contribution in [-0.2, 0) is 9.47 Å². The molecule has 1 aliphatic heterocycles. The Labute approximate surface area is 336 Å². The fourth-order valence-electron chi connectivity index (χ4n) is 8.71. The van der Waals surface area contributed by atoms with E-state index in [0.29, 0.717) is 6.10 Å². The lowest BCUT2D eigenvalue weighted by molar-refractivity contribution is -0.0643. The van der Waals surface area contributed by atoms with Crippen molar-refractivity contribution in [3.05, 3.63) is 0 Å². The predicted molar refractivity (Wildman–Crippen MR) is 238 cm³/mol. The summed E-state index contributed by atoms with van der Waals surface area (Å²) in [6.07, 6.45) is 66.5. The summed E-state index contributed by atoms with van der Waals surface area (Å²) in [4.78, 5) is 0. The standard InChI is InChI=1S/C51H102O2/c1-3-5-7-9-11-13-15-17-19-21-23-25-27-29-31-33-35-37-39-41-43-45-47-50-49-52-51(53-50)48-46-44-42-40-38-36-34-32-30-28-26-24-22-20-18-16-14-12-10-8-6-4-2/h50-51H,3-49H2,1-2H3. The molecule has 0 saturated carbocycles. The van der Waals surface area contributed by atoms with Crippen molar-refractivity contribution in [1.82, 2.24) is 0 Å². The van der Waals surface area contributed by atoms with E-state index in [9.17, 15) is 0 Å². The Morgan fingerprint density at radius 1 is 0.264 bits per heavy atom. The van der Waals surface area contributed by atoms with Crippen molar-refractivity contribution in [3.63, 3.8) is 0 Å². The highest BCUT2D eigenvalue weighted by Crippen LogP contribution is 2.23. The Morgan fingerprint density at radius 3 is 0.717 bits per heavy atom. The predicted octanol–water partition coefficient (Wildman–Crippen LogP) is 18.7. The molecule has 0 aromatic heterocycles.